The number of halogens is 1. The molecule has 20 heavy (non-hydrogen) atoms. The zero-order valence-corrected chi connectivity index (χ0v) is 14.4. The van der Waals surface area contributed by atoms with E-state index in [1.807, 2.05) is 0 Å². The van der Waals surface area contributed by atoms with Crippen molar-refractivity contribution in [3.8, 4) is 0 Å². The fourth-order valence-electron chi connectivity index (χ4n) is 1.54. The summed E-state index contributed by atoms with van der Waals surface area (Å²) in [6.07, 6.45) is 0. The summed E-state index contributed by atoms with van der Waals surface area (Å²) in [7, 11) is -3.20. The van der Waals surface area contributed by atoms with Crippen LogP contribution in [0.5, 0.6) is 0 Å². The molecule has 0 aliphatic rings. The number of anilines is 1. The maximum Gasteiger partial charge on any atom is 0.256 e. The molecule has 0 radical (unpaired) electrons. The number of hydrogen-bond donors (Lipinski definition) is 1. The largest absolute Gasteiger partial charge is 0.322 e. The Labute approximate surface area is 135 Å². The molecular weight excluding hydrogens is 409 g/mol. The van der Waals surface area contributed by atoms with Crippen molar-refractivity contribution in [1.82, 2.24) is 0 Å². The predicted octanol–water partition coefficient (Wildman–Crippen LogP) is 3.40. The fourth-order valence-corrected chi connectivity index (χ4v) is 3.76. The maximum absolute atomic E-state index is 11.9. The van der Waals surface area contributed by atoms with Crippen LogP contribution < -0.4 is 5.32 Å². The van der Waals surface area contributed by atoms with Gasteiger partial charge in [-0.15, -0.1) is 11.3 Å². The fraction of sp³-hybridized carbons (Fsp3) is 0.154. The van der Waals surface area contributed by atoms with Crippen LogP contribution in [0.4, 0.5) is 5.69 Å². The van der Waals surface area contributed by atoms with Crippen molar-refractivity contribution in [2.45, 2.75) is 11.8 Å². The monoisotopic (exact) mass is 421 g/mol. The molecule has 2 rings (SSSR count). The summed E-state index contributed by atoms with van der Waals surface area (Å²) >= 11 is 3.65. The summed E-state index contributed by atoms with van der Waals surface area (Å²) < 4.78 is 24.4. The van der Waals surface area contributed by atoms with E-state index in [0.29, 0.717) is 11.3 Å². The molecule has 0 fully saturated rings. The van der Waals surface area contributed by atoms with Crippen LogP contribution in [0.2, 0.25) is 0 Å². The second-order valence-corrected chi connectivity index (χ2v) is 9.11. The van der Waals surface area contributed by atoms with E-state index in [9.17, 15) is 13.2 Å². The van der Waals surface area contributed by atoms with Gasteiger partial charge < -0.3 is 5.32 Å². The normalized spacial score (nSPS) is 11.3. The molecule has 0 saturated heterocycles. The lowest BCUT2D eigenvalue weighted by Gasteiger charge is -2.05. The highest BCUT2D eigenvalue weighted by Gasteiger charge is 2.12. The summed E-state index contributed by atoms with van der Waals surface area (Å²) in [5.74, 6) is -0.137. The number of carbonyl (C=O) groups is 1. The van der Waals surface area contributed by atoms with E-state index in [-0.39, 0.29) is 16.6 Å². The van der Waals surface area contributed by atoms with E-state index in [1.54, 1.807) is 30.5 Å². The van der Waals surface area contributed by atoms with Gasteiger partial charge in [-0.1, -0.05) is 6.92 Å². The van der Waals surface area contributed by atoms with Gasteiger partial charge >= 0.3 is 0 Å². The van der Waals surface area contributed by atoms with Crippen LogP contribution in [0.1, 0.15) is 17.3 Å². The molecule has 0 bridgehead atoms. The van der Waals surface area contributed by atoms with Gasteiger partial charge in [0.2, 0.25) is 0 Å². The van der Waals surface area contributed by atoms with E-state index in [2.05, 4.69) is 27.9 Å². The predicted molar refractivity (Wildman–Crippen MR) is 89.2 cm³/mol. The van der Waals surface area contributed by atoms with Gasteiger partial charge in [0.1, 0.15) is 0 Å². The number of carbonyl (C=O) groups excluding carboxylic acids is 1. The average Bonchev–Trinajstić information content (AvgIpc) is 2.86. The Morgan fingerprint density at radius 1 is 1.30 bits per heavy atom. The van der Waals surface area contributed by atoms with Crippen molar-refractivity contribution in [3.63, 3.8) is 0 Å². The highest BCUT2D eigenvalue weighted by Crippen LogP contribution is 2.19. The molecular formula is C13H12INO3S2. The zero-order valence-electron chi connectivity index (χ0n) is 10.6. The number of sulfone groups is 1. The zero-order chi connectivity index (χ0) is 14.8. The van der Waals surface area contributed by atoms with Crippen LogP contribution in [0.15, 0.2) is 40.6 Å². The molecule has 0 aliphatic carbocycles. The van der Waals surface area contributed by atoms with E-state index in [0.717, 1.165) is 2.88 Å². The van der Waals surface area contributed by atoms with Gasteiger partial charge in [-0.25, -0.2) is 8.42 Å². The molecule has 1 N–H and O–H groups in total. The second kappa shape index (κ2) is 6.23. The van der Waals surface area contributed by atoms with E-state index < -0.39 is 9.84 Å². The van der Waals surface area contributed by atoms with Crippen LogP contribution >= 0.6 is 33.9 Å². The van der Waals surface area contributed by atoms with Crippen LogP contribution in [-0.4, -0.2) is 20.1 Å². The molecule has 7 heteroatoms. The quantitative estimate of drug-likeness (QED) is 0.770. The Morgan fingerprint density at radius 2 is 1.95 bits per heavy atom. The van der Waals surface area contributed by atoms with E-state index in [1.165, 1.54) is 23.5 Å². The molecule has 1 aromatic heterocycles. The lowest BCUT2D eigenvalue weighted by Crippen LogP contribution is -2.11. The minimum Gasteiger partial charge on any atom is -0.322 e. The van der Waals surface area contributed by atoms with Crippen molar-refractivity contribution in [3.05, 3.63) is 44.2 Å². The van der Waals surface area contributed by atoms with Gasteiger partial charge in [0, 0.05) is 11.1 Å². The number of benzene rings is 1. The summed E-state index contributed by atoms with van der Waals surface area (Å²) in [5.41, 5.74) is 1.18. The van der Waals surface area contributed by atoms with Gasteiger partial charge in [-0.05, 0) is 52.9 Å². The lowest BCUT2D eigenvalue weighted by molar-refractivity contribution is 0.102. The average molecular weight is 421 g/mol. The van der Waals surface area contributed by atoms with Gasteiger partial charge in [0.15, 0.2) is 9.84 Å². The summed E-state index contributed by atoms with van der Waals surface area (Å²) in [5, 5.41) is 4.52. The van der Waals surface area contributed by atoms with Crippen LogP contribution in [0.3, 0.4) is 0 Å². The van der Waals surface area contributed by atoms with Crippen molar-refractivity contribution >= 4 is 55.4 Å². The van der Waals surface area contributed by atoms with Crippen LogP contribution in [0.25, 0.3) is 0 Å². The lowest BCUT2D eigenvalue weighted by atomic mass is 10.3. The van der Waals surface area contributed by atoms with Gasteiger partial charge in [-0.3, -0.25) is 4.79 Å². The van der Waals surface area contributed by atoms with Gasteiger partial charge in [-0.2, -0.15) is 0 Å². The SMILES string of the molecule is CCS(=O)(=O)c1ccc(NC(=O)c2csc(I)c2)cc1. The molecule has 0 saturated carbocycles. The summed E-state index contributed by atoms with van der Waals surface area (Å²) in [6.45, 7) is 1.60. The Kier molecular flexibility index (Phi) is 4.82. The number of hydrogen-bond acceptors (Lipinski definition) is 4. The van der Waals surface area contributed by atoms with Crippen LogP contribution in [0, 0.1) is 2.88 Å². The molecule has 106 valence electrons. The Balaban J connectivity index is 2.14. The molecule has 1 heterocycles. The molecule has 0 unspecified atom stereocenters. The second-order valence-electron chi connectivity index (χ2n) is 4.02. The number of thiophene rings is 1. The third-order valence-electron chi connectivity index (χ3n) is 2.68. The molecule has 4 nitrogen and oxygen atoms in total. The third-order valence-corrected chi connectivity index (χ3v) is 6.22. The topological polar surface area (TPSA) is 63.2 Å². The third kappa shape index (κ3) is 3.58. The van der Waals surface area contributed by atoms with Gasteiger partial charge in [0.05, 0.1) is 19.1 Å². The number of rotatable bonds is 4. The Bertz CT molecular complexity index is 720. The van der Waals surface area contributed by atoms with Gasteiger partial charge in [0.25, 0.3) is 5.91 Å². The molecule has 0 atom stereocenters. The summed E-state index contributed by atoms with van der Waals surface area (Å²) in [4.78, 5) is 12.2. The van der Waals surface area contributed by atoms with Crippen molar-refractivity contribution in [1.29, 1.82) is 0 Å². The van der Waals surface area contributed by atoms with Crippen LogP contribution in [-0.2, 0) is 9.84 Å². The maximum atomic E-state index is 11.9. The van der Waals surface area contributed by atoms with E-state index in [4.69, 9.17) is 0 Å². The highest BCUT2D eigenvalue weighted by molar-refractivity contribution is 14.1. The minimum absolute atomic E-state index is 0.0616. The van der Waals surface area contributed by atoms with Crippen molar-refractivity contribution in [2.75, 3.05) is 11.1 Å². The summed E-state index contributed by atoms with van der Waals surface area (Å²) in [6, 6.07) is 8.00. The smallest absolute Gasteiger partial charge is 0.256 e. The van der Waals surface area contributed by atoms with Crippen molar-refractivity contribution < 1.29 is 13.2 Å². The minimum atomic E-state index is -3.20. The first-order valence-corrected chi connectivity index (χ1v) is 9.41. The standard InChI is InChI=1S/C13H12INO3S2/c1-2-20(17,18)11-5-3-10(4-6-11)15-13(16)9-7-12(14)19-8-9/h3-8H,2H2,1H3,(H,15,16). The van der Waals surface area contributed by atoms with E-state index >= 15 is 0 Å². The first-order valence-electron chi connectivity index (χ1n) is 5.80. The number of nitrogens with one attached hydrogen (secondary N) is 1. The molecule has 2 aromatic rings. The molecule has 1 aromatic carbocycles. The molecule has 0 spiro atoms. The number of amides is 1. The first kappa shape index (κ1) is 15.5. The molecule has 1 amide bonds. The highest BCUT2D eigenvalue weighted by atomic mass is 127. The Morgan fingerprint density at radius 3 is 2.45 bits per heavy atom. The van der Waals surface area contributed by atoms with Crippen molar-refractivity contribution in [2.24, 2.45) is 0 Å². The first-order chi connectivity index (χ1) is 9.42. The molecule has 0 aliphatic heterocycles. The Hall–Kier alpha value is -0.930.